The number of benzene rings is 1. The molecule has 0 atom stereocenters. The van der Waals surface area contributed by atoms with Crippen LogP contribution in [-0.2, 0) is 0 Å². The standard InChI is InChI=1S/C13H14N6O/c1-7-3-4-10(20-2)8(5-7)9-6-19-12(11(14)16-9)17-18-13(19)15/h3-6H,1-2H3,(H2,14,16)(H2,15,18). The third-order valence-corrected chi connectivity index (χ3v) is 3.07. The van der Waals surface area contributed by atoms with Crippen LogP contribution in [0.4, 0.5) is 11.8 Å². The van der Waals surface area contributed by atoms with Gasteiger partial charge in [-0.05, 0) is 19.1 Å². The molecular weight excluding hydrogens is 256 g/mol. The zero-order valence-corrected chi connectivity index (χ0v) is 11.2. The highest BCUT2D eigenvalue weighted by molar-refractivity contribution is 5.72. The van der Waals surface area contributed by atoms with Crippen LogP contribution in [0.2, 0.25) is 0 Å². The maximum atomic E-state index is 5.91. The summed E-state index contributed by atoms with van der Waals surface area (Å²) in [7, 11) is 1.61. The summed E-state index contributed by atoms with van der Waals surface area (Å²) in [4.78, 5) is 4.35. The minimum Gasteiger partial charge on any atom is -0.496 e. The SMILES string of the molecule is COc1ccc(C)cc1-c1cn2c(N)nnc2c(N)n1. The summed E-state index contributed by atoms with van der Waals surface area (Å²) in [6, 6.07) is 5.84. The summed E-state index contributed by atoms with van der Waals surface area (Å²) >= 11 is 0. The van der Waals surface area contributed by atoms with E-state index in [4.69, 9.17) is 16.2 Å². The number of anilines is 2. The minimum absolute atomic E-state index is 0.266. The van der Waals surface area contributed by atoms with Gasteiger partial charge in [-0.3, -0.25) is 4.40 Å². The second-order valence-corrected chi connectivity index (χ2v) is 4.47. The second kappa shape index (κ2) is 4.37. The first-order valence-electron chi connectivity index (χ1n) is 6.02. The minimum atomic E-state index is 0.266. The van der Waals surface area contributed by atoms with Crippen molar-refractivity contribution >= 4 is 17.4 Å². The Morgan fingerprint density at radius 1 is 1.20 bits per heavy atom. The van der Waals surface area contributed by atoms with Crippen molar-refractivity contribution in [2.24, 2.45) is 0 Å². The third-order valence-electron chi connectivity index (χ3n) is 3.07. The molecule has 20 heavy (non-hydrogen) atoms. The molecule has 3 rings (SSSR count). The number of ether oxygens (including phenoxy) is 1. The Labute approximate surface area is 115 Å². The molecule has 3 aromatic rings. The number of aromatic nitrogens is 4. The molecule has 7 heteroatoms. The Hall–Kier alpha value is -2.83. The zero-order chi connectivity index (χ0) is 14.3. The molecule has 0 saturated heterocycles. The molecule has 2 aromatic heterocycles. The van der Waals surface area contributed by atoms with E-state index in [0.717, 1.165) is 11.1 Å². The van der Waals surface area contributed by atoms with Crippen molar-refractivity contribution in [1.82, 2.24) is 19.6 Å². The number of hydrogen-bond acceptors (Lipinski definition) is 6. The lowest BCUT2D eigenvalue weighted by atomic mass is 10.1. The molecule has 0 bridgehead atoms. The second-order valence-electron chi connectivity index (χ2n) is 4.47. The summed E-state index contributed by atoms with van der Waals surface area (Å²) in [6.45, 7) is 2.00. The molecule has 102 valence electrons. The Morgan fingerprint density at radius 2 is 2.00 bits per heavy atom. The number of methoxy groups -OCH3 is 1. The number of rotatable bonds is 2. The number of nitrogens with two attached hydrogens (primary N) is 2. The molecule has 2 heterocycles. The van der Waals surface area contributed by atoms with E-state index in [-0.39, 0.29) is 11.8 Å². The Kier molecular flexibility index (Phi) is 2.67. The van der Waals surface area contributed by atoms with Gasteiger partial charge in [-0.1, -0.05) is 11.6 Å². The number of hydrogen-bond donors (Lipinski definition) is 2. The van der Waals surface area contributed by atoms with E-state index in [0.29, 0.717) is 17.1 Å². The highest BCUT2D eigenvalue weighted by atomic mass is 16.5. The fraction of sp³-hybridized carbons (Fsp3) is 0.154. The molecule has 7 nitrogen and oxygen atoms in total. The van der Waals surface area contributed by atoms with E-state index < -0.39 is 0 Å². The van der Waals surface area contributed by atoms with E-state index in [9.17, 15) is 0 Å². The van der Waals surface area contributed by atoms with Crippen LogP contribution < -0.4 is 16.2 Å². The van der Waals surface area contributed by atoms with Crippen LogP contribution in [-0.4, -0.2) is 26.7 Å². The lowest BCUT2D eigenvalue weighted by Crippen LogP contribution is -2.02. The van der Waals surface area contributed by atoms with Gasteiger partial charge in [0.2, 0.25) is 11.6 Å². The molecule has 0 spiro atoms. The van der Waals surface area contributed by atoms with E-state index in [1.807, 2.05) is 25.1 Å². The van der Waals surface area contributed by atoms with Crippen LogP contribution in [0.1, 0.15) is 5.56 Å². The Morgan fingerprint density at radius 3 is 2.75 bits per heavy atom. The lowest BCUT2D eigenvalue weighted by Gasteiger charge is -2.10. The third kappa shape index (κ3) is 1.80. The van der Waals surface area contributed by atoms with E-state index in [2.05, 4.69) is 15.2 Å². The van der Waals surface area contributed by atoms with Crippen LogP contribution >= 0.6 is 0 Å². The summed E-state index contributed by atoms with van der Waals surface area (Å²) in [5.74, 6) is 1.26. The first-order valence-corrected chi connectivity index (χ1v) is 6.02. The first-order chi connectivity index (χ1) is 9.60. The summed E-state index contributed by atoms with van der Waals surface area (Å²) < 4.78 is 6.98. The maximum Gasteiger partial charge on any atom is 0.226 e. The molecule has 0 radical (unpaired) electrons. The normalized spacial score (nSPS) is 10.9. The Balaban J connectivity index is 2.29. The van der Waals surface area contributed by atoms with Crippen molar-refractivity contribution in [2.45, 2.75) is 6.92 Å². The molecule has 0 aliphatic rings. The van der Waals surface area contributed by atoms with Crippen LogP contribution in [0.5, 0.6) is 5.75 Å². The van der Waals surface area contributed by atoms with Gasteiger partial charge in [0.15, 0.2) is 5.82 Å². The fourth-order valence-corrected chi connectivity index (χ4v) is 2.09. The van der Waals surface area contributed by atoms with Gasteiger partial charge in [0.1, 0.15) is 5.75 Å². The van der Waals surface area contributed by atoms with Crippen molar-refractivity contribution in [3.63, 3.8) is 0 Å². The predicted molar refractivity (Wildman–Crippen MR) is 76.3 cm³/mol. The smallest absolute Gasteiger partial charge is 0.226 e. The maximum absolute atomic E-state index is 5.91. The number of nitrogen functional groups attached to an aromatic ring is 2. The molecule has 4 N–H and O–H groups in total. The molecule has 0 unspecified atom stereocenters. The molecule has 0 aliphatic carbocycles. The molecule has 0 amide bonds. The van der Waals surface area contributed by atoms with Crippen molar-refractivity contribution in [3.05, 3.63) is 30.0 Å². The molecule has 0 fully saturated rings. The lowest BCUT2D eigenvalue weighted by molar-refractivity contribution is 0.416. The average molecular weight is 270 g/mol. The van der Waals surface area contributed by atoms with Gasteiger partial charge in [-0.15, -0.1) is 10.2 Å². The van der Waals surface area contributed by atoms with Crippen LogP contribution in [0, 0.1) is 6.92 Å². The van der Waals surface area contributed by atoms with Crippen molar-refractivity contribution in [2.75, 3.05) is 18.6 Å². The molecule has 0 aliphatic heterocycles. The fourth-order valence-electron chi connectivity index (χ4n) is 2.09. The number of nitrogens with zero attached hydrogens (tertiary/aromatic N) is 4. The predicted octanol–water partition coefficient (Wildman–Crippen LogP) is 1.27. The van der Waals surface area contributed by atoms with Gasteiger partial charge in [-0.2, -0.15) is 0 Å². The monoisotopic (exact) mass is 270 g/mol. The Bertz CT molecular complexity index is 795. The summed E-state index contributed by atoms with van der Waals surface area (Å²) in [5, 5.41) is 7.67. The van der Waals surface area contributed by atoms with E-state index >= 15 is 0 Å². The van der Waals surface area contributed by atoms with Crippen molar-refractivity contribution in [1.29, 1.82) is 0 Å². The van der Waals surface area contributed by atoms with Gasteiger partial charge in [0.05, 0.1) is 12.8 Å². The van der Waals surface area contributed by atoms with Gasteiger partial charge < -0.3 is 16.2 Å². The quantitative estimate of drug-likeness (QED) is 0.726. The topological polar surface area (TPSA) is 104 Å². The van der Waals surface area contributed by atoms with Crippen LogP contribution in [0.25, 0.3) is 16.9 Å². The summed E-state index contributed by atoms with van der Waals surface area (Å²) in [5.41, 5.74) is 14.7. The van der Waals surface area contributed by atoms with Crippen molar-refractivity contribution < 1.29 is 4.74 Å². The van der Waals surface area contributed by atoms with Gasteiger partial charge >= 0.3 is 0 Å². The van der Waals surface area contributed by atoms with E-state index in [1.54, 1.807) is 17.7 Å². The first kappa shape index (κ1) is 12.2. The van der Waals surface area contributed by atoms with Crippen LogP contribution in [0.3, 0.4) is 0 Å². The molecule has 1 aromatic carbocycles. The van der Waals surface area contributed by atoms with Crippen LogP contribution in [0.15, 0.2) is 24.4 Å². The number of aryl methyl sites for hydroxylation is 1. The number of fused-ring (bicyclic) bond motifs is 1. The zero-order valence-electron chi connectivity index (χ0n) is 11.2. The molecular formula is C13H14N6O. The van der Waals surface area contributed by atoms with Gasteiger partial charge in [0, 0.05) is 11.8 Å². The summed E-state index contributed by atoms with van der Waals surface area (Å²) in [6.07, 6.45) is 1.75. The van der Waals surface area contributed by atoms with Gasteiger partial charge in [0.25, 0.3) is 0 Å². The van der Waals surface area contributed by atoms with E-state index in [1.165, 1.54) is 0 Å². The largest absolute Gasteiger partial charge is 0.496 e. The van der Waals surface area contributed by atoms with Crippen molar-refractivity contribution in [3.8, 4) is 17.0 Å². The van der Waals surface area contributed by atoms with Gasteiger partial charge in [-0.25, -0.2) is 4.98 Å². The highest BCUT2D eigenvalue weighted by Crippen LogP contribution is 2.30. The average Bonchev–Trinajstić information content (AvgIpc) is 2.81. The highest BCUT2D eigenvalue weighted by Gasteiger charge is 2.13. The molecule has 0 saturated carbocycles.